The van der Waals surface area contributed by atoms with E-state index in [1.54, 1.807) is 30.3 Å². The van der Waals surface area contributed by atoms with Crippen molar-refractivity contribution in [3.8, 4) is 5.75 Å². The normalized spacial score (nSPS) is 11.7. The van der Waals surface area contributed by atoms with Crippen molar-refractivity contribution in [2.45, 2.75) is 33.2 Å². The summed E-state index contributed by atoms with van der Waals surface area (Å²) in [5.41, 5.74) is 1.31. The van der Waals surface area contributed by atoms with Crippen LogP contribution in [0.15, 0.2) is 47.5 Å². The number of carbonyl (C=O) groups is 1. The van der Waals surface area contributed by atoms with Crippen LogP contribution < -0.4 is 9.54 Å². The average molecular weight is 399 g/mol. The fourth-order valence-corrected chi connectivity index (χ4v) is 3.87. The Kier molecular flexibility index (Phi) is 6.20. The Balaban J connectivity index is 1.90. The number of benzene rings is 2. The molecule has 0 saturated carbocycles. The van der Waals surface area contributed by atoms with Gasteiger partial charge in [-0.15, -0.1) is 0 Å². The lowest BCUT2D eigenvalue weighted by molar-refractivity contribution is -0.384. The Bertz CT molecular complexity index is 1070. The zero-order valence-corrected chi connectivity index (χ0v) is 16.6. The molecule has 1 aromatic heterocycles. The number of carbonyl (C=O) groups excluding carboxylic acids is 1. The molecule has 0 aliphatic rings. The number of rotatable bonds is 7. The third-order valence-electron chi connectivity index (χ3n) is 4.26. The highest BCUT2D eigenvalue weighted by atomic mass is 32.1. The number of nitrogens with zero attached hydrogens (tertiary/aromatic N) is 3. The smallest absolute Gasteiger partial charge is 0.279 e. The molecule has 0 saturated heterocycles. The first-order chi connectivity index (χ1) is 13.5. The minimum absolute atomic E-state index is 0.0218. The molecule has 0 fully saturated rings. The van der Waals surface area contributed by atoms with E-state index in [0.29, 0.717) is 23.5 Å². The topological polar surface area (TPSA) is 86.7 Å². The van der Waals surface area contributed by atoms with Crippen LogP contribution >= 0.6 is 11.3 Å². The standard InChI is InChI=1S/C20H21N3O4S/c1-3-5-12-27-16-9-6-14(7-10-16)19(24)21-20-22(4-2)17-11-8-15(23(25)26)13-18(17)28-20/h6-11,13H,3-5,12H2,1-2H3. The van der Waals surface area contributed by atoms with E-state index in [4.69, 9.17) is 4.74 Å². The van der Waals surface area contributed by atoms with E-state index < -0.39 is 4.92 Å². The molecule has 7 nitrogen and oxygen atoms in total. The van der Waals surface area contributed by atoms with E-state index in [9.17, 15) is 14.9 Å². The first kappa shape index (κ1) is 19.8. The Morgan fingerprint density at radius 3 is 2.61 bits per heavy atom. The monoisotopic (exact) mass is 399 g/mol. The molecule has 8 heteroatoms. The van der Waals surface area contributed by atoms with Crippen LogP contribution in [-0.4, -0.2) is 22.0 Å². The van der Waals surface area contributed by atoms with E-state index in [1.807, 2.05) is 11.5 Å². The van der Waals surface area contributed by atoms with E-state index >= 15 is 0 Å². The number of aromatic nitrogens is 1. The highest BCUT2D eigenvalue weighted by Gasteiger charge is 2.12. The second kappa shape index (κ2) is 8.79. The van der Waals surface area contributed by atoms with Gasteiger partial charge in [0.15, 0.2) is 4.80 Å². The molecule has 146 valence electrons. The number of nitro benzene ring substituents is 1. The number of non-ortho nitro benzene ring substituents is 1. The van der Waals surface area contributed by atoms with Gasteiger partial charge in [0.1, 0.15) is 5.75 Å². The molecule has 1 heterocycles. The molecule has 0 bridgehead atoms. The Morgan fingerprint density at radius 2 is 1.96 bits per heavy atom. The van der Waals surface area contributed by atoms with Crippen molar-refractivity contribution in [2.24, 2.45) is 4.99 Å². The highest BCUT2D eigenvalue weighted by Crippen LogP contribution is 2.23. The fraction of sp³-hybridized carbons (Fsp3) is 0.300. The van der Waals surface area contributed by atoms with Crippen LogP contribution in [0.5, 0.6) is 5.75 Å². The predicted molar refractivity (Wildman–Crippen MR) is 109 cm³/mol. The summed E-state index contributed by atoms with van der Waals surface area (Å²) in [6.45, 7) is 5.30. The third kappa shape index (κ3) is 4.28. The minimum atomic E-state index is -0.429. The largest absolute Gasteiger partial charge is 0.494 e. The number of nitro groups is 1. The van der Waals surface area contributed by atoms with Gasteiger partial charge in [0, 0.05) is 24.2 Å². The lowest BCUT2D eigenvalue weighted by Crippen LogP contribution is -2.15. The molecule has 1 amide bonds. The van der Waals surface area contributed by atoms with Gasteiger partial charge >= 0.3 is 0 Å². The highest BCUT2D eigenvalue weighted by molar-refractivity contribution is 7.16. The molecule has 0 unspecified atom stereocenters. The number of fused-ring (bicyclic) bond motifs is 1. The van der Waals surface area contributed by atoms with Crippen LogP contribution in [0.25, 0.3) is 10.2 Å². The van der Waals surface area contributed by atoms with Crippen molar-refractivity contribution in [1.29, 1.82) is 0 Å². The van der Waals surface area contributed by atoms with Gasteiger partial charge in [0.05, 0.1) is 21.7 Å². The van der Waals surface area contributed by atoms with Crippen LogP contribution in [0, 0.1) is 10.1 Å². The van der Waals surface area contributed by atoms with Gasteiger partial charge in [-0.1, -0.05) is 24.7 Å². The molecular weight excluding hydrogens is 378 g/mol. The summed E-state index contributed by atoms with van der Waals surface area (Å²) in [4.78, 5) is 27.9. The molecular formula is C20H21N3O4S. The van der Waals surface area contributed by atoms with Crippen LogP contribution in [0.3, 0.4) is 0 Å². The molecule has 0 aliphatic carbocycles. The number of thiazole rings is 1. The average Bonchev–Trinajstić information content (AvgIpc) is 3.04. The molecule has 0 radical (unpaired) electrons. The molecule has 3 aromatic rings. The predicted octanol–water partition coefficient (Wildman–Crippen LogP) is 4.55. The second-order valence-electron chi connectivity index (χ2n) is 6.18. The van der Waals surface area contributed by atoms with E-state index in [2.05, 4.69) is 11.9 Å². The van der Waals surface area contributed by atoms with Crippen molar-refractivity contribution in [3.63, 3.8) is 0 Å². The van der Waals surface area contributed by atoms with Gasteiger partial charge in [0.2, 0.25) is 0 Å². The van der Waals surface area contributed by atoms with Crippen LogP contribution in [0.1, 0.15) is 37.0 Å². The van der Waals surface area contributed by atoms with Gasteiger partial charge in [-0.25, -0.2) is 0 Å². The van der Waals surface area contributed by atoms with Crippen LogP contribution in [-0.2, 0) is 6.54 Å². The van der Waals surface area contributed by atoms with Gasteiger partial charge in [-0.2, -0.15) is 4.99 Å². The van der Waals surface area contributed by atoms with Crippen molar-refractivity contribution in [1.82, 2.24) is 4.57 Å². The van der Waals surface area contributed by atoms with Gasteiger partial charge < -0.3 is 9.30 Å². The summed E-state index contributed by atoms with van der Waals surface area (Å²) in [7, 11) is 0. The Labute approximate surface area is 166 Å². The number of hydrogen-bond acceptors (Lipinski definition) is 5. The number of ether oxygens (including phenoxy) is 1. The Morgan fingerprint density at radius 1 is 1.21 bits per heavy atom. The molecule has 0 aliphatic heterocycles. The van der Waals surface area contributed by atoms with Crippen molar-refractivity contribution in [3.05, 3.63) is 62.9 Å². The summed E-state index contributed by atoms with van der Waals surface area (Å²) >= 11 is 1.27. The number of aryl methyl sites for hydroxylation is 1. The van der Waals surface area contributed by atoms with Gasteiger partial charge in [-0.05, 0) is 43.7 Å². The molecule has 3 rings (SSSR count). The maximum absolute atomic E-state index is 12.6. The van der Waals surface area contributed by atoms with Crippen molar-refractivity contribution < 1.29 is 14.5 Å². The second-order valence-corrected chi connectivity index (χ2v) is 7.19. The quantitative estimate of drug-likeness (QED) is 0.331. The summed E-state index contributed by atoms with van der Waals surface area (Å²) < 4.78 is 8.21. The van der Waals surface area contributed by atoms with Crippen LogP contribution in [0.4, 0.5) is 5.69 Å². The lowest BCUT2D eigenvalue weighted by atomic mass is 10.2. The Hall–Kier alpha value is -3.00. The summed E-state index contributed by atoms with van der Waals surface area (Å²) in [5.74, 6) is 0.367. The number of unbranched alkanes of at least 4 members (excludes halogenated alkanes) is 1. The van der Waals surface area contributed by atoms with Gasteiger partial charge in [-0.3, -0.25) is 14.9 Å². The molecule has 0 spiro atoms. The summed E-state index contributed by atoms with van der Waals surface area (Å²) in [5, 5.41) is 11.0. The van der Waals surface area contributed by atoms with Crippen molar-refractivity contribution in [2.75, 3.05) is 6.61 Å². The first-order valence-electron chi connectivity index (χ1n) is 9.13. The SMILES string of the molecule is CCCCOc1ccc(C(=O)N=c2sc3cc([N+](=O)[O-])ccc3n2CC)cc1. The third-order valence-corrected chi connectivity index (χ3v) is 5.30. The van der Waals surface area contributed by atoms with E-state index in [-0.39, 0.29) is 11.6 Å². The summed E-state index contributed by atoms with van der Waals surface area (Å²) in [6.07, 6.45) is 2.04. The number of hydrogen-bond donors (Lipinski definition) is 0. The molecule has 0 atom stereocenters. The summed E-state index contributed by atoms with van der Waals surface area (Å²) in [6, 6.07) is 11.6. The fourth-order valence-electron chi connectivity index (χ4n) is 2.75. The number of amides is 1. The van der Waals surface area contributed by atoms with Gasteiger partial charge in [0.25, 0.3) is 11.6 Å². The zero-order valence-electron chi connectivity index (χ0n) is 15.8. The van der Waals surface area contributed by atoms with E-state index in [0.717, 1.165) is 28.8 Å². The minimum Gasteiger partial charge on any atom is -0.494 e. The maximum Gasteiger partial charge on any atom is 0.279 e. The van der Waals surface area contributed by atoms with E-state index in [1.165, 1.54) is 23.5 Å². The maximum atomic E-state index is 12.6. The molecule has 28 heavy (non-hydrogen) atoms. The zero-order chi connectivity index (χ0) is 20.1. The lowest BCUT2D eigenvalue weighted by Gasteiger charge is -2.05. The van der Waals surface area contributed by atoms with Crippen molar-refractivity contribution >= 4 is 33.1 Å². The first-order valence-corrected chi connectivity index (χ1v) is 9.94. The molecule has 0 N–H and O–H groups in total. The van der Waals surface area contributed by atoms with Crippen LogP contribution in [0.2, 0.25) is 0 Å². The molecule has 2 aromatic carbocycles.